The van der Waals surface area contributed by atoms with Crippen LogP contribution in [0.25, 0.3) is 0 Å². The fraction of sp³-hybridized carbons (Fsp3) is 0.667. The zero-order valence-electron chi connectivity index (χ0n) is 10.3. The molecular weight excluding hydrogens is 204 g/mol. The number of aryl methyl sites for hydroxylation is 1. The SMILES string of the molecule is CCCn1ccn(CC(=O)C(C)CC)c1=O. The van der Waals surface area contributed by atoms with Crippen molar-refractivity contribution in [1.29, 1.82) is 0 Å². The molecule has 0 aliphatic rings. The monoisotopic (exact) mass is 224 g/mol. The quantitative estimate of drug-likeness (QED) is 0.737. The van der Waals surface area contributed by atoms with Gasteiger partial charge in [0.1, 0.15) is 0 Å². The van der Waals surface area contributed by atoms with Crippen molar-refractivity contribution in [3.8, 4) is 0 Å². The number of Topliss-reactive ketones (excluding diaryl/α,β-unsaturated/α-hetero) is 1. The molecule has 0 fully saturated rings. The first kappa shape index (κ1) is 12.7. The number of aromatic nitrogens is 2. The molecule has 90 valence electrons. The highest BCUT2D eigenvalue weighted by Crippen LogP contribution is 2.03. The van der Waals surface area contributed by atoms with Crippen molar-refractivity contribution in [2.24, 2.45) is 5.92 Å². The summed E-state index contributed by atoms with van der Waals surface area (Å²) < 4.78 is 3.13. The number of hydrogen-bond donors (Lipinski definition) is 0. The Hall–Kier alpha value is -1.32. The van der Waals surface area contributed by atoms with Crippen LogP contribution in [0.3, 0.4) is 0 Å². The van der Waals surface area contributed by atoms with Gasteiger partial charge >= 0.3 is 5.69 Å². The first-order chi connectivity index (χ1) is 7.60. The Bertz CT molecular complexity index is 403. The summed E-state index contributed by atoms with van der Waals surface area (Å²) in [6, 6.07) is 0. The van der Waals surface area contributed by atoms with E-state index in [0.717, 1.165) is 12.8 Å². The lowest BCUT2D eigenvalue weighted by atomic mass is 10.0. The number of imidazole rings is 1. The Morgan fingerprint density at radius 2 is 1.94 bits per heavy atom. The van der Waals surface area contributed by atoms with Crippen LogP contribution in [0, 0.1) is 5.92 Å². The van der Waals surface area contributed by atoms with Gasteiger partial charge in [-0.25, -0.2) is 4.79 Å². The van der Waals surface area contributed by atoms with Gasteiger partial charge in [-0.05, 0) is 12.8 Å². The Morgan fingerprint density at radius 3 is 2.50 bits per heavy atom. The molecule has 0 aromatic carbocycles. The Morgan fingerprint density at radius 1 is 1.31 bits per heavy atom. The van der Waals surface area contributed by atoms with Crippen LogP contribution in [0.5, 0.6) is 0 Å². The lowest BCUT2D eigenvalue weighted by Crippen LogP contribution is -2.28. The molecule has 0 N–H and O–H groups in total. The molecular formula is C12H20N2O2. The minimum Gasteiger partial charge on any atom is -0.299 e. The van der Waals surface area contributed by atoms with Crippen molar-refractivity contribution in [2.45, 2.75) is 46.7 Å². The van der Waals surface area contributed by atoms with Gasteiger partial charge in [0, 0.05) is 24.9 Å². The number of carbonyl (C=O) groups is 1. The summed E-state index contributed by atoms with van der Waals surface area (Å²) >= 11 is 0. The number of nitrogens with zero attached hydrogens (tertiary/aromatic N) is 2. The van der Waals surface area contributed by atoms with E-state index in [-0.39, 0.29) is 23.9 Å². The smallest absolute Gasteiger partial charge is 0.299 e. The van der Waals surface area contributed by atoms with Crippen molar-refractivity contribution in [3.05, 3.63) is 22.9 Å². The third-order valence-corrected chi connectivity index (χ3v) is 2.87. The Kier molecular flexibility index (Phi) is 4.52. The summed E-state index contributed by atoms with van der Waals surface area (Å²) in [5.41, 5.74) is -0.0847. The molecule has 1 heterocycles. The van der Waals surface area contributed by atoms with E-state index in [1.54, 1.807) is 17.0 Å². The number of hydrogen-bond acceptors (Lipinski definition) is 2. The normalized spacial score (nSPS) is 12.7. The van der Waals surface area contributed by atoms with Crippen molar-refractivity contribution in [1.82, 2.24) is 9.13 Å². The third-order valence-electron chi connectivity index (χ3n) is 2.87. The van der Waals surface area contributed by atoms with Gasteiger partial charge in [-0.2, -0.15) is 0 Å². The summed E-state index contributed by atoms with van der Waals surface area (Å²) in [6.07, 6.45) is 5.18. The molecule has 1 aromatic heterocycles. The summed E-state index contributed by atoms with van der Waals surface area (Å²) in [6.45, 7) is 6.81. The van der Waals surface area contributed by atoms with Gasteiger partial charge in [-0.3, -0.25) is 13.9 Å². The predicted molar refractivity (Wildman–Crippen MR) is 63.4 cm³/mol. The van der Waals surface area contributed by atoms with Gasteiger partial charge in [0.15, 0.2) is 5.78 Å². The average molecular weight is 224 g/mol. The van der Waals surface area contributed by atoms with Crippen LogP contribution < -0.4 is 5.69 Å². The van der Waals surface area contributed by atoms with E-state index in [1.165, 1.54) is 4.57 Å². The zero-order valence-corrected chi connectivity index (χ0v) is 10.3. The molecule has 16 heavy (non-hydrogen) atoms. The lowest BCUT2D eigenvalue weighted by molar-refractivity contribution is -0.123. The Labute approximate surface area is 95.9 Å². The number of rotatable bonds is 6. The van der Waals surface area contributed by atoms with Crippen LogP contribution in [-0.4, -0.2) is 14.9 Å². The molecule has 0 bridgehead atoms. The maximum absolute atomic E-state index is 11.8. The number of ketones is 1. The largest absolute Gasteiger partial charge is 0.328 e. The van der Waals surface area contributed by atoms with E-state index in [4.69, 9.17) is 0 Å². The van der Waals surface area contributed by atoms with Crippen LogP contribution >= 0.6 is 0 Å². The molecule has 0 saturated heterocycles. The highest BCUT2D eigenvalue weighted by Gasteiger charge is 2.13. The highest BCUT2D eigenvalue weighted by molar-refractivity contribution is 5.80. The van der Waals surface area contributed by atoms with Gasteiger partial charge in [0.25, 0.3) is 0 Å². The molecule has 1 rings (SSSR count). The fourth-order valence-corrected chi connectivity index (χ4v) is 1.54. The molecule has 0 spiro atoms. The molecule has 0 amide bonds. The second-order valence-corrected chi connectivity index (χ2v) is 4.18. The van der Waals surface area contributed by atoms with E-state index in [0.29, 0.717) is 6.54 Å². The standard InChI is InChI=1S/C12H20N2O2/c1-4-6-13-7-8-14(12(13)16)9-11(15)10(3)5-2/h7-8,10H,4-6,9H2,1-3H3. The minimum atomic E-state index is -0.0847. The van der Waals surface area contributed by atoms with Gasteiger partial charge < -0.3 is 0 Å². The molecule has 0 aliphatic heterocycles. The number of carbonyl (C=O) groups excluding carboxylic acids is 1. The first-order valence-corrected chi connectivity index (χ1v) is 5.88. The molecule has 4 nitrogen and oxygen atoms in total. The lowest BCUT2D eigenvalue weighted by Gasteiger charge is -2.07. The first-order valence-electron chi connectivity index (χ1n) is 5.88. The Balaban J connectivity index is 2.75. The van der Waals surface area contributed by atoms with E-state index in [2.05, 4.69) is 0 Å². The third kappa shape index (κ3) is 2.84. The second-order valence-electron chi connectivity index (χ2n) is 4.18. The molecule has 0 aliphatic carbocycles. The second kappa shape index (κ2) is 5.68. The van der Waals surface area contributed by atoms with Crippen molar-refractivity contribution in [2.75, 3.05) is 0 Å². The van der Waals surface area contributed by atoms with Crippen LogP contribution in [-0.2, 0) is 17.9 Å². The van der Waals surface area contributed by atoms with E-state index >= 15 is 0 Å². The summed E-state index contributed by atoms with van der Waals surface area (Å²) in [4.78, 5) is 23.5. The predicted octanol–water partition coefficient (Wildman–Crippen LogP) is 1.67. The van der Waals surface area contributed by atoms with Crippen LogP contribution in [0.4, 0.5) is 0 Å². The van der Waals surface area contributed by atoms with Crippen LogP contribution in [0.15, 0.2) is 17.2 Å². The molecule has 1 aromatic rings. The van der Waals surface area contributed by atoms with E-state index < -0.39 is 0 Å². The van der Waals surface area contributed by atoms with Crippen molar-refractivity contribution < 1.29 is 4.79 Å². The van der Waals surface area contributed by atoms with Crippen LogP contribution in [0.2, 0.25) is 0 Å². The molecule has 1 atom stereocenters. The van der Waals surface area contributed by atoms with Crippen molar-refractivity contribution >= 4 is 5.78 Å². The molecule has 0 saturated carbocycles. The van der Waals surface area contributed by atoms with Gasteiger partial charge in [0.2, 0.25) is 0 Å². The maximum atomic E-state index is 11.8. The zero-order chi connectivity index (χ0) is 12.1. The van der Waals surface area contributed by atoms with E-state index in [1.807, 2.05) is 20.8 Å². The van der Waals surface area contributed by atoms with Crippen molar-refractivity contribution in [3.63, 3.8) is 0 Å². The highest BCUT2D eigenvalue weighted by atomic mass is 16.2. The average Bonchev–Trinajstić information content (AvgIpc) is 2.61. The van der Waals surface area contributed by atoms with Gasteiger partial charge in [-0.1, -0.05) is 20.8 Å². The van der Waals surface area contributed by atoms with Crippen LogP contribution in [0.1, 0.15) is 33.6 Å². The minimum absolute atomic E-state index is 0.0291. The fourth-order valence-electron chi connectivity index (χ4n) is 1.54. The summed E-state index contributed by atoms with van der Waals surface area (Å²) in [7, 11) is 0. The van der Waals surface area contributed by atoms with E-state index in [9.17, 15) is 9.59 Å². The summed E-state index contributed by atoms with van der Waals surface area (Å²) in [5, 5.41) is 0. The molecule has 4 heteroatoms. The molecule has 0 radical (unpaired) electrons. The van der Waals surface area contributed by atoms with Gasteiger partial charge in [-0.15, -0.1) is 0 Å². The summed E-state index contributed by atoms with van der Waals surface area (Å²) in [5.74, 6) is 0.153. The maximum Gasteiger partial charge on any atom is 0.328 e. The topological polar surface area (TPSA) is 44.0 Å². The molecule has 1 unspecified atom stereocenters. The van der Waals surface area contributed by atoms with Gasteiger partial charge in [0.05, 0.1) is 6.54 Å².